The Bertz CT molecular complexity index is 729. The van der Waals surface area contributed by atoms with Gasteiger partial charge in [-0.2, -0.15) is 0 Å². The third-order valence-corrected chi connectivity index (χ3v) is 4.21. The maximum Gasteiger partial charge on any atom is 0.177 e. The van der Waals surface area contributed by atoms with Gasteiger partial charge >= 0.3 is 0 Å². The number of ketones is 2. The molecule has 0 bridgehead atoms. The molecule has 1 aliphatic carbocycles. The summed E-state index contributed by atoms with van der Waals surface area (Å²) >= 11 is 0. The highest BCUT2D eigenvalue weighted by molar-refractivity contribution is 6.15. The lowest BCUT2D eigenvalue weighted by molar-refractivity contribution is -0.119. The Morgan fingerprint density at radius 2 is 1.82 bits per heavy atom. The highest BCUT2D eigenvalue weighted by Crippen LogP contribution is 2.32. The molecule has 0 heterocycles. The van der Waals surface area contributed by atoms with E-state index in [2.05, 4.69) is 6.07 Å². The predicted molar refractivity (Wildman–Crippen MR) is 84.6 cm³/mol. The molecule has 2 aromatic carbocycles. The van der Waals surface area contributed by atoms with Gasteiger partial charge in [0.2, 0.25) is 0 Å². The van der Waals surface area contributed by atoms with Crippen LogP contribution in [0, 0.1) is 6.92 Å². The average Bonchev–Trinajstić information content (AvgIpc) is 2.54. The minimum Gasteiger partial charge on any atom is -0.497 e. The molecule has 1 unspecified atom stereocenters. The van der Waals surface area contributed by atoms with Gasteiger partial charge < -0.3 is 4.74 Å². The Morgan fingerprint density at radius 3 is 2.50 bits per heavy atom. The second kappa shape index (κ2) is 5.76. The molecule has 1 aliphatic rings. The van der Waals surface area contributed by atoms with Crippen molar-refractivity contribution in [2.75, 3.05) is 7.11 Å². The van der Waals surface area contributed by atoms with Crippen molar-refractivity contribution in [3.05, 3.63) is 64.7 Å². The standard InChI is InChI=1S/C19H18O3/c1-12-3-9-16-14(11-12)6-10-17(20)18(16)19(21)13-4-7-15(22-2)8-5-13/h3-5,7-9,11,18H,6,10H2,1-2H3. The summed E-state index contributed by atoms with van der Waals surface area (Å²) in [6.45, 7) is 2.02. The largest absolute Gasteiger partial charge is 0.497 e. The lowest BCUT2D eigenvalue weighted by Crippen LogP contribution is -2.27. The summed E-state index contributed by atoms with van der Waals surface area (Å²) in [5, 5.41) is 0. The lowest BCUT2D eigenvalue weighted by atomic mass is 9.77. The normalized spacial score (nSPS) is 17.0. The van der Waals surface area contributed by atoms with Crippen LogP contribution in [0.3, 0.4) is 0 Å². The number of fused-ring (bicyclic) bond motifs is 1. The van der Waals surface area contributed by atoms with E-state index in [1.807, 2.05) is 19.1 Å². The summed E-state index contributed by atoms with van der Waals surface area (Å²) in [5.74, 6) is -0.0880. The second-order valence-corrected chi connectivity index (χ2v) is 5.69. The van der Waals surface area contributed by atoms with Crippen molar-refractivity contribution < 1.29 is 14.3 Å². The molecule has 0 saturated heterocycles. The first-order valence-corrected chi connectivity index (χ1v) is 7.40. The van der Waals surface area contributed by atoms with Crippen molar-refractivity contribution in [1.29, 1.82) is 0 Å². The molecule has 0 aromatic heterocycles. The summed E-state index contributed by atoms with van der Waals surface area (Å²) < 4.78 is 5.11. The van der Waals surface area contributed by atoms with Crippen LogP contribution >= 0.6 is 0 Å². The van der Waals surface area contributed by atoms with Gasteiger partial charge in [0.25, 0.3) is 0 Å². The Kier molecular flexibility index (Phi) is 3.80. The Balaban J connectivity index is 1.99. The van der Waals surface area contributed by atoms with E-state index in [0.29, 0.717) is 17.7 Å². The molecule has 3 heteroatoms. The Morgan fingerprint density at radius 1 is 1.09 bits per heavy atom. The van der Waals surface area contributed by atoms with Crippen molar-refractivity contribution in [2.24, 2.45) is 0 Å². The van der Waals surface area contributed by atoms with Crippen LogP contribution in [-0.4, -0.2) is 18.7 Å². The summed E-state index contributed by atoms with van der Waals surface area (Å²) in [4.78, 5) is 25.1. The van der Waals surface area contributed by atoms with Gasteiger partial charge in [-0.25, -0.2) is 0 Å². The molecule has 0 saturated carbocycles. The topological polar surface area (TPSA) is 43.4 Å². The van der Waals surface area contributed by atoms with Gasteiger partial charge in [-0.1, -0.05) is 23.8 Å². The summed E-state index contributed by atoms with van der Waals surface area (Å²) in [7, 11) is 1.58. The van der Waals surface area contributed by atoms with Gasteiger partial charge in [0.1, 0.15) is 17.5 Å². The fourth-order valence-electron chi connectivity index (χ4n) is 3.02. The fourth-order valence-corrected chi connectivity index (χ4v) is 3.02. The first kappa shape index (κ1) is 14.5. The first-order valence-electron chi connectivity index (χ1n) is 7.40. The fraction of sp³-hybridized carbons (Fsp3) is 0.263. The van der Waals surface area contributed by atoms with E-state index in [9.17, 15) is 9.59 Å². The Labute approximate surface area is 129 Å². The number of rotatable bonds is 3. The number of carbonyl (C=O) groups is 2. The maximum atomic E-state index is 12.8. The van der Waals surface area contributed by atoms with Crippen LogP contribution in [0.4, 0.5) is 0 Å². The molecule has 0 aliphatic heterocycles. The monoisotopic (exact) mass is 294 g/mol. The lowest BCUT2D eigenvalue weighted by Gasteiger charge is -2.24. The van der Waals surface area contributed by atoms with Gasteiger partial charge in [0, 0.05) is 12.0 Å². The molecule has 2 aromatic rings. The average molecular weight is 294 g/mol. The van der Waals surface area contributed by atoms with Crippen molar-refractivity contribution in [2.45, 2.75) is 25.7 Å². The quantitative estimate of drug-likeness (QED) is 0.643. The number of methoxy groups -OCH3 is 1. The van der Waals surface area contributed by atoms with Gasteiger partial charge in [-0.15, -0.1) is 0 Å². The molecule has 3 rings (SSSR count). The number of hydrogen-bond donors (Lipinski definition) is 0. The van der Waals surface area contributed by atoms with E-state index in [1.165, 1.54) is 0 Å². The number of carbonyl (C=O) groups excluding carboxylic acids is 2. The van der Waals surface area contributed by atoms with Crippen LogP contribution in [0.5, 0.6) is 5.75 Å². The van der Waals surface area contributed by atoms with Crippen LogP contribution in [0.15, 0.2) is 42.5 Å². The van der Waals surface area contributed by atoms with Crippen molar-refractivity contribution >= 4 is 11.6 Å². The highest BCUT2D eigenvalue weighted by Gasteiger charge is 2.33. The third-order valence-electron chi connectivity index (χ3n) is 4.21. The molecular weight excluding hydrogens is 276 g/mol. The number of hydrogen-bond acceptors (Lipinski definition) is 3. The van der Waals surface area contributed by atoms with Crippen LogP contribution < -0.4 is 4.74 Å². The second-order valence-electron chi connectivity index (χ2n) is 5.69. The summed E-state index contributed by atoms with van der Waals surface area (Å²) in [5.41, 5.74) is 3.69. The van der Waals surface area contributed by atoms with E-state index in [4.69, 9.17) is 4.74 Å². The summed E-state index contributed by atoms with van der Waals surface area (Å²) in [6.07, 6.45) is 1.16. The van der Waals surface area contributed by atoms with Gasteiger partial charge in [0.05, 0.1) is 7.11 Å². The van der Waals surface area contributed by atoms with E-state index in [0.717, 1.165) is 23.1 Å². The molecule has 112 valence electrons. The zero-order valence-electron chi connectivity index (χ0n) is 12.8. The summed E-state index contributed by atoms with van der Waals surface area (Å²) in [6, 6.07) is 12.9. The van der Waals surface area contributed by atoms with Gasteiger partial charge in [-0.3, -0.25) is 9.59 Å². The molecule has 3 nitrogen and oxygen atoms in total. The van der Waals surface area contributed by atoms with Crippen molar-refractivity contribution in [1.82, 2.24) is 0 Å². The minimum atomic E-state index is -0.669. The van der Waals surface area contributed by atoms with E-state index in [1.54, 1.807) is 31.4 Å². The molecule has 0 fully saturated rings. The third kappa shape index (κ3) is 2.54. The maximum absolute atomic E-state index is 12.8. The molecular formula is C19H18O3. The minimum absolute atomic E-state index is 0.0113. The highest BCUT2D eigenvalue weighted by atomic mass is 16.5. The molecule has 22 heavy (non-hydrogen) atoms. The van der Waals surface area contributed by atoms with Crippen molar-refractivity contribution in [3.63, 3.8) is 0 Å². The van der Waals surface area contributed by atoms with Crippen LogP contribution in [0.2, 0.25) is 0 Å². The van der Waals surface area contributed by atoms with E-state index >= 15 is 0 Å². The Hall–Kier alpha value is -2.42. The van der Waals surface area contributed by atoms with Crippen LogP contribution in [0.25, 0.3) is 0 Å². The predicted octanol–water partition coefficient (Wildman–Crippen LogP) is 3.49. The molecule has 1 atom stereocenters. The molecule has 0 amide bonds. The zero-order chi connectivity index (χ0) is 15.7. The zero-order valence-corrected chi connectivity index (χ0v) is 12.8. The van der Waals surface area contributed by atoms with Crippen molar-refractivity contribution in [3.8, 4) is 5.75 Å². The van der Waals surface area contributed by atoms with Crippen LogP contribution in [-0.2, 0) is 11.2 Å². The first-order chi connectivity index (χ1) is 10.6. The van der Waals surface area contributed by atoms with E-state index < -0.39 is 5.92 Å². The molecule has 0 radical (unpaired) electrons. The molecule has 0 N–H and O–H groups in total. The number of benzene rings is 2. The number of ether oxygens (including phenoxy) is 1. The number of aryl methyl sites for hydroxylation is 2. The van der Waals surface area contributed by atoms with Crippen LogP contribution in [0.1, 0.15) is 39.4 Å². The molecule has 0 spiro atoms. The number of Topliss-reactive ketones (excluding diaryl/α,β-unsaturated/α-hetero) is 2. The SMILES string of the molecule is COc1ccc(C(=O)C2C(=O)CCc3cc(C)ccc32)cc1. The van der Waals surface area contributed by atoms with E-state index in [-0.39, 0.29) is 11.6 Å². The van der Waals surface area contributed by atoms with Gasteiger partial charge in [-0.05, 0) is 48.7 Å². The van der Waals surface area contributed by atoms with Gasteiger partial charge in [0.15, 0.2) is 5.78 Å². The smallest absolute Gasteiger partial charge is 0.177 e.